The van der Waals surface area contributed by atoms with Crippen LogP contribution in [0.4, 0.5) is 20.4 Å². The average molecular weight is 449 g/mol. The molecule has 0 atom stereocenters. The predicted octanol–water partition coefficient (Wildman–Crippen LogP) is 3.11. The van der Waals surface area contributed by atoms with E-state index in [2.05, 4.69) is 20.4 Å². The first kappa shape index (κ1) is 22.7. The van der Waals surface area contributed by atoms with Gasteiger partial charge in [0.2, 0.25) is 5.95 Å². The Labute approximate surface area is 181 Å². The molecule has 2 N–H and O–H groups in total. The smallest absolute Gasteiger partial charge is 0.331 e. The first-order chi connectivity index (χ1) is 15.2. The molecule has 0 aliphatic carbocycles. The molecule has 0 amide bonds. The largest absolute Gasteiger partial charge is 0.494 e. The van der Waals surface area contributed by atoms with Gasteiger partial charge in [-0.15, -0.1) is 0 Å². The van der Waals surface area contributed by atoms with Crippen molar-refractivity contribution in [3.63, 3.8) is 0 Å². The molecule has 0 spiro atoms. The third kappa shape index (κ3) is 4.53. The second-order valence-electron chi connectivity index (χ2n) is 7.08. The van der Waals surface area contributed by atoms with Gasteiger partial charge in [-0.3, -0.25) is 4.68 Å². The summed E-state index contributed by atoms with van der Waals surface area (Å²) >= 11 is 0. The molecule has 2 aromatic heterocycles. The van der Waals surface area contributed by atoms with Crippen molar-refractivity contribution in [1.29, 1.82) is 0 Å². The van der Waals surface area contributed by atoms with Crippen molar-refractivity contribution >= 4 is 17.6 Å². The van der Waals surface area contributed by atoms with Crippen LogP contribution < -0.4 is 19.5 Å². The van der Waals surface area contributed by atoms with E-state index in [1.807, 2.05) is 0 Å². The number of carbonyl (C=O) groups is 1. The van der Waals surface area contributed by atoms with Crippen molar-refractivity contribution in [3.8, 4) is 17.2 Å². The number of rotatable bonds is 9. The third-order valence-corrected chi connectivity index (χ3v) is 4.61. The molecule has 0 aliphatic rings. The Morgan fingerprint density at radius 1 is 1.12 bits per heavy atom. The highest BCUT2D eigenvalue weighted by atomic mass is 19.1. The Bertz CT molecular complexity index is 1090. The molecule has 0 unspecified atom stereocenters. The maximum atomic E-state index is 14.4. The Hall–Kier alpha value is -3.96. The van der Waals surface area contributed by atoms with Gasteiger partial charge in [0.1, 0.15) is 6.61 Å². The summed E-state index contributed by atoms with van der Waals surface area (Å²) in [6, 6.07) is 1.11. The summed E-state index contributed by atoms with van der Waals surface area (Å²) in [6.07, 6.45) is 5.56. The zero-order valence-electron chi connectivity index (χ0n) is 17.7. The topological polar surface area (TPSA) is 121 Å². The zero-order valence-corrected chi connectivity index (χ0v) is 17.7. The Morgan fingerprint density at radius 2 is 1.72 bits per heavy atom. The highest BCUT2D eigenvalue weighted by molar-refractivity contribution is 5.75. The number of aliphatic carboxylic acids is 1. The Morgan fingerprint density at radius 3 is 2.25 bits per heavy atom. The van der Waals surface area contributed by atoms with Gasteiger partial charge in [-0.05, 0) is 13.8 Å². The van der Waals surface area contributed by atoms with E-state index < -0.39 is 29.7 Å². The maximum absolute atomic E-state index is 14.4. The van der Waals surface area contributed by atoms with Gasteiger partial charge in [-0.2, -0.15) is 5.10 Å². The summed E-state index contributed by atoms with van der Waals surface area (Å²) in [7, 11) is 2.51. The lowest BCUT2D eigenvalue weighted by Crippen LogP contribution is -2.35. The van der Waals surface area contributed by atoms with E-state index in [0.29, 0.717) is 5.69 Å². The van der Waals surface area contributed by atoms with Crippen LogP contribution in [0.25, 0.3) is 0 Å². The zero-order chi connectivity index (χ0) is 23.5. The summed E-state index contributed by atoms with van der Waals surface area (Å²) in [5.41, 5.74) is -1.12. The lowest BCUT2D eigenvalue weighted by Gasteiger charge is -2.19. The number of benzene rings is 1. The maximum Gasteiger partial charge on any atom is 0.331 e. The number of nitrogens with zero attached hydrogens (tertiary/aromatic N) is 4. The van der Waals surface area contributed by atoms with Gasteiger partial charge >= 0.3 is 5.97 Å². The third-order valence-electron chi connectivity index (χ3n) is 4.61. The molecule has 2 heterocycles. The van der Waals surface area contributed by atoms with Crippen LogP contribution in [-0.2, 0) is 16.9 Å². The van der Waals surface area contributed by atoms with E-state index in [-0.39, 0.29) is 28.8 Å². The number of nitrogens with one attached hydrogen (secondary N) is 1. The van der Waals surface area contributed by atoms with Crippen LogP contribution in [-0.4, -0.2) is 45.0 Å². The van der Waals surface area contributed by atoms with Crippen LogP contribution in [0.2, 0.25) is 0 Å². The number of carboxylic acids is 1. The quantitative estimate of drug-likeness (QED) is 0.508. The molecule has 0 aliphatic heterocycles. The molecule has 12 heteroatoms. The molecular formula is C20H21F2N5O5. The van der Waals surface area contributed by atoms with Crippen LogP contribution in [0.5, 0.6) is 17.2 Å². The SMILES string of the molecule is COc1cc(OC)c(F)c(COc2cnc(Nc3cnn(C(C)(C)C(=O)O)c3)nc2)c1F. The summed E-state index contributed by atoms with van der Waals surface area (Å²) in [6.45, 7) is 2.58. The van der Waals surface area contributed by atoms with Crippen molar-refractivity contribution in [3.05, 3.63) is 48.1 Å². The summed E-state index contributed by atoms with van der Waals surface area (Å²) < 4.78 is 45.3. The minimum atomic E-state index is -1.23. The van der Waals surface area contributed by atoms with Gasteiger partial charge < -0.3 is 24.6 Å². The van der Waals surface area contributed by atoms with Crippen LogP contribution in [0.15, 0.2) is 30.9 Å². The van der Waals surface area contributed by atoms with Crippen molar-refractivity contribution in [2.75, 3.05) is 19.5 Å². The molecule has 170 valence electrons. The average Bonchev–Trinajstić information content (AvgIpc) is 3.24. The normalized spacial score (nSPS) is 11.2. The minimum absolute atomic E-state index is 0.166. The van der Waals surface area contributed by atoms with Gasteiger partial charge in [-0.25, -0.2) is 23.5 Å². The molecule has 3 aromatic rings. The number of carboxylic acid groups (broad SMARTS) is 1. The standard InChI is InChI=1S/C20H21F2N5O5/c1-20(2,18(28)29)27-9-11(6-25-27)26-19-23-7-12(8-24-19)32-10-13-16(21)14(30-3)5-15(31-4)17(13)22/h5-9H,10H2,1-4H3,(H,28,29)(H,23,24,26). The second kappa shape index (κ2) is 9.04. The lowest BCUT2D eigenvalue weighted by atomic mass is 10.1. The lowest BCUT2D eigenvalue weighted by molar-refractivity contribution is -0.146. The van der Waals surface area contributed by atoms with Crippen LogP contribution in [0.3, 0.4) is 0 Å². The summed E-state index contributed by atoms with van der Waals surface area (Å²) in [5, 5.41) is 16.2. The fraction of sp³-hybridized carbons (Fsp3) is 0.300. The highest BCUT2D eigenvalue weighted by Gasteiger charge is 2.30. The van der Waals surface area contributed by atoms with E-state index in [0.717, 1.165) is 6.07 Å². The molecule has 0 bridgehead atoms. The van der Waals surface area contributed by atoms with Crippen LogP contribution >= 0.6 is 0 Å². The second-order valence-corrected chi connectivity index (χ2v) is 7.08. The Kier molecular flexibility index (Phi) is 6.42. The van der Waals surface area contributed by atoms with E-state index in [1.54, 1.807) is 0 Å². The van der Waals surface area contributed by atoms with Crippen molar-refractivity contribution in [1.82, 2.24) is 19.7 Å². The number of aromatic nitrogens is 4. The first-order valence-corrected chi connectivity index (χ1v) is 9.26. The van der Waals surface area contributed by atoms with E-state index in [9.17, 15) is 18.7 Å². The highest BCUT2D eigenvalue weighted by Crippen LogP contribution is 2.32. The van der Waals surface area contributed by atoms with E-state index >= 15 is 0 Å². The van der Waals surface area contributed by atoms with E-state index in [4.69, 9.17) is 14.2 Å². The molecule has 32 heavy (non-hydrogen) atoms. The minimum Gasteiger partial charge on any atom is -0.494 e. The van der Waals surface area contributed by atoms with Gasteiger partial charge in [0.25, 0.3) is 0 Å². The number of methoxy groups -OCH3 is 2. The van der Waals surface area contributed by atoms with Crippen LogP contribution in [0.1, 0.15) is 19.4 Å². The number of hydrogen-bond donors (Lipinski definition) is 2. The van der Waals surface area contributed by atoms with Gasteiger partial charge in [-0.1, -0.05) is 0 Å². The fourth-order valence-electron chi connectivity index (χ4n) is 2.59. The van der Waals surface area contributed by atoms with Crippen molar-refractivity contribution in [2.45, 2.75) is 26.0 Å². The monoisotopic (exact) mass is 449 g/mol. The number of halogens is 2. The first-order valence-electron chi connectivity index (χ1n) is 9.26. The number of hydrogen-bond acceptors (Lipinski definition) is 8. The number of anilines is 2. The number of ether oxygens (including phenoxy) is 3. The van der Waals surface area contributed by atoms with Gasteiger partial charge in [0, 0.05) is 12.3 Å². The molecule has 10 nitrogen and oxygen atoms in total. The molecule has 3 rings (SSSR count). The molecule has 0 fully saturated rings. The van der Waals surface area contributed by atoms with E-state index in [1.165, 1.54) is 57.5 Å². The molecule has 0 radical (unpaired) electrons. The molecular weight excluding hydrogens is 428 g/mol. The van der Waals surface area contributed by atoms with Crippen LogP contribution in [0, 0.1) is 11.6 Å². The molecule has 1 aromatic carbocycles. The van der Waals surface area contributed by atoms with Crippen molar-refractivity contribution in [2.24, 2.45) is 0 Å². The molecule has 0 saturated carbocycles. The van der Waals surface area contributed by atoms with Gasteiger partial charge in [0.15, 0.2) is 34.4 Å². The fourth-order valence-corrected chi connectivity index (χ4v) is 2.59. The van der Waals surface area contributed by atoms with Gasteiger partial charge in [0.05, 0.1) is 44.1 Å². The Balaban J connectivity index is 1.69. The predicted molar refractivity (Wildman–Crippen MR) is 108 cm³/mol. The van der Waals surface area contributed by atoms with Crippen molar-refractivity contribution < 1.29 is 32.9 Å². The summed E-state index contributed by atoms with van der Waals surface area (Å²) in [5.74, 6) is -2.83. The molecule has 0 saturated heterocycles. The summed E-state index contributed by atoms with van der Waals surface area (Å²) in [4.78, 5) is 19.5.